The van der Waals surface area contributed by atoms with E-state index in [9.17, 15) is 8.78 Å². The lowest BCUT2D eigenvalue weighted by Gasteiger charge is -2.35. The fourth-order valence-electron chi connectivity index (χ4n) is 19.3. The van der Waals surface area contributed by atoms with E-state index in [1.807, 2.05) is 60.7 Å². The third kappa shape index (κ3) is 14.8. The monoisotopic (exact) mass is 1660 g/mol. The maximum absolute atomic E-state index is 15.5. The van der Waals surface area contributed by atoms with Crippen molar-refractivity contribution in [2.45, 2.75) is 51.7 Å². The minimum absolute atomic E-state index is 0.302. The summed E-state index contributed by atoms with van der Waals surface area (Å²) >= 11 is 0. The van der Waals surface area contributed by atoms with Crippen molar-refractivity contribution in [1.82, 2.24) is 0 Å². The second kappa shape index (κ2) is 33.8. The van der Waals surface area contributed by atoms with Crippen LogP contribution in [0.3, 0.4) is 0 Å². The fourth-order valence-corrected chi connectivity index (χ4v) is 19.3. The second-order valence-electron chi connectivity index (χ2n) is 33.5. The number of aryl methyl sites for hydroxylation is 4. The average molecular weight is 1670 g/mol. The van der Waals surface area contributed by atoms with Crippen LogP contribution in [0, 0.1) is 51.0 Å². The fraction of sp³-hybridized carbons (Fsp3) is 0.0667. The van der Waals surface area contributed by atoms with E-state index in [0.717, 1.165) is 125 Å². The van der Waals surface area contributed by atoms with Crippen molar-refractivity contribution < 1.29 is 27.0 Å². The summed E-state index contributed by atoms with van der Waals surface area (Å²) in [7, 11) is 0. The number of halogens is 4. The van der Waals surface area contributed by atoms with Gasteiger partial charge in [-0.1, -0.05) is 291 Å². The first-order valence-corrected chi connectivity index (χ1v) is 43.2. The Morgan fingerprint density at radius 3 is 0.883 bits per heavy atom. The van der Waals surface area contributed by atoms with Gasteiger partial charge in [-0.3, -0.25) is 0 Å². The number of nitrogens with zero attached hydrogens (tertiary/aromatic N) is 2. The van der Waals surface area contributed by atoms with Gasteiger partial charge in [0.25, 0.3) is 0 Å². The Morgan fingerprint density at radius 1 is 0.258 bits per heavy atom. The van der Waals surface area contributed by atoms with Crippen molar-refractivity contribution in [2.24, 2.45) is 0 Å². The van der Waals surface area contributed by atoms with Gasteiger partial charge in [0.15, 0.2) is 0 Å². The Kier molecular flexibility index (Phi) is 21.3. The van der Waals surface area contributed by atoms with Crippen LogP contribution in [-0.2, 0) is 24.0 Å². The highest BCUT2D eigenvalue weighted by molar-refractivity contribution is 5.93. The van der Waals surface area contributed by atoms with Gasteiger partial charge in [0, 0.05) is 57.4 Å². The van der Waals surface area contributed by atoms with E-state index in [4.69, 9.17) is 9.47 Å². The Labute approximate surface area is 745 Å². The van der Waals surface area contributed by atoms with Gasteiger partial charge in [-0.05, 0) is 306 Å². The van der Waals surface area contributed by atoms with E-state index in [-0.39, 0.29) is 0 Å². The number of ether oxygens (including phenoxy) is 2. The second-order valence-corrected chi connectivity index (χ2v) is 33.5. The van der Waals surface area contributed by atoms with Crippen molar-refractivity contribution in [2.75, 3.05) is 9.80 Å². The molecule has 2 aliphatic rings. The number of fused-ring (bicyclic) bond motifs is 6. The molecule has 2 atom stereocenters. The molecule has 0 saturated heterocycles. The topological polar surface area (TPSA) is 24.9 Å². The summed E-state index contributed by atoms with van der Waals surface area (Å²) < 4.78 is 72.6. The lowest BCUT2D eigenvalue weighted by atomic mass is 9.66. The first kappa shape index (κ1) is 80.8. The zero-order valence-electron chi connectivity index (χ0n) is 71.3. The summed E-state index contributed by atoms with van der Waals surface area (Å²) in [5.74, 6) is -0.983. The first-order valence-electron chi connectivity index (χ1n) is 43.2. The lowest BCUT2D eigenvalue weighted by molar-refractivity contribution is 0.306. The Bertz CT molecular complexity index is 6820. The zero-order chi connectivity index (χ0) is 87.3. The van der Waals surface area contributed by atoms with Crippen molar-refractivity contribution in [3.63, 3.8) is 0 Å². The highest BCUT2D eigenvalue weighted by Gasteiger charge is 2.49. The maximum atomic E-state index is 15.5. The van der Waals surface area contributed by atoms with Gasteiger partial charge >= 0.3 is 0 Å². The summed E-state index contributed by atoms with van der Waals surface area (Å²) in [6.45, 7) is 17.5. The average Bonchev–Trinajstić information content (AvgIpc) is 1.53. The maximum Gasteiger partial charge on any atom is 0.133 e. The SMILES string of the molecule is C=Cc1ccc(COc2ccc(C3(c4cc(C)ccc4C)c4ccccc4-c4ccc(-c5ccc(N(c6ccc(-c7ccc(N(c8ccc(-c9ccc%10c(c9)C(c9ccc(OCc%11ccc(C=C)cc%11)cc9)(c9cc(C)ccc9C)c9ccccc9-%10)cc8)c8ccc(-c9ccc(F)cc9F)cc8)cc7)cc6)c6ccc(-c7ccc(F)cc7F)cc6)cc5)cc43)cc2)cc1. The Balaban J connectivity index is 0.628. The number of rotatable bonds is 23. The molecule has 0 fully saturated rings. The van der Waals surface area contributed by atoms with Gasteiger partial charge in [0.1, 0.15) is 48.0 Å². The zero-order valence-corrected chi connectivity index (χ0v) is 71.3. The summed E-state index contributed by atoms with van der Waals surface area (Å²) in [6, 6.07) is 136. The quantitative estimate of drug-likeness (QED) is 0.0596. The van der Waals surface area contributed by atoms with Crippen molar-refractivity contribution in [3.8, 4) is 89.4 Å². The van der Waals surface area contributed by atoms with Crippen molar-refractivity contribution in [1.29, 1.82) is 0 Å². The van der Waals surface area contributed by atoms with Gasteiger partial charge < -0.3 is 19.3 Å². The molecule has 0 spiro atoms. The summed E-state index contributed by atoms with van der Waals surface area (Å²) in [6.07, 6.45) is 3.69. The predicted molar refractivity (Wildman–Crippen MR) is 518 cm³/mol. The molecule has 0 N–H and O–H groups in total. The number of anilines is 6. The molecule has 2 unspecified atom stereocenters. The van der Waals surface area contributed by atoms with E-state index in [1.54, 1.807) is 0 Å². The standard InChI is InChI=1S/C120H88F4N2O2/c1-7-81-21-25-83(26-22-81)75-127-103-61-43-93(44-62-103)119(113-69-77(3)17-19-79(113)5)111-15-11-9-13-107(111)109-65-41-91(71-115(109)119)87-33-53-99(54-34-87)125(101-57-37-89(38-58-101)105-67-47-95(121)73-117(105)123)97-49-29-85(30-50-97)86-31-51-98(52-32-86)126(102-59-39-90(40-60-102)106-68-48-96(122)74-118(106)124)100-55-35-88(36-56-100)92-42-66-110-108-14-10-12-16-112(108)120(116(110)72-92,114-70-78(4)18-20-80(114)6)94-45-63-104(64-46-94)128-76-84-27-23-82(8-2)24-28-84/h7-74H,1-2,75-76H2,3-6H3. The minimum atomic E-state index is -0.683. The molecule has 0 bridgehead atoms. The van der Waals surface area contributed by atoms with Gasteiger partial charge in [-0.15, -0.1) is 0 Å². The molecule has 18 aromatic carbocycles. The van der Waals surface area contributed by atoms with E-state index in [0.29, 0.717) is 35.5 Å². The van der Waals surface area contributed by atoms with E-state index in [2.05, 4.69) is 366 Å². The molecule has 0 saturated carbocycles. The normalized spacial score (nSPS) is 14.0. The third-order valence-electron chi connectivity index (χ3n) is 25.7. The molecule has 0 radical (unpaired) electrons. The molecule has 20 rings (SSSR count). The lowest BCUT2D eigenvalue weighted by Crippen LogP contribution is -2.29. The molecule has 8 heteroatoms. The molecular weight excluding hydrogens is 1580 g/mol. The molecule has 4 nitrogen and oxygen atoms in total. The van der Waals surface area contributed by atoms with Crippen LogP contribution >= 0.6 is 0 Å². The van der Waals surface area contributed by atoms with Crippen LogP contribution in [0.25, 0.3) is 90.0 Å². The first-order chi connectivity index (χ1) is 62.6. The van der Waals surface area contributed by atoms with Crippen LogP contribution in [0.15, 0.2) is 414 Å². The molecule has 18 aromatic rings. The Hall–Kier alpha value is -15.6. The third-order valence-corrected chi connectivity index (χ3v) is 25.7. The van der Waals surface area contributed by atoms with Crippen LogP contribution in [0.5, 0.6) is 11.5 Å². The van der Waals surface area contributed by atoms with Crippen LogP contribution in [0.2, 0.25) is 0 Å². The summed E-state index contributed by atoms with van der Waals surface area (Å²) in [5, 5.41) is 0. The van der Waals surface area contributed by atoms with Crippen LogP contribution in [-0.4, -0.2) is 0 Å². The minimum Gasteiger partial charge on any atom is -0.489 e. The van der Waals surface area contributed by atoms with Crippen molar-refractivity contribution >= 4 is 46.3 Å². The van der Waals surface area contributed by atoms with Gasteiger partial charge in [0.2, 0.25) is 0 Å². The largest absolute Gasteiger partial charge is 0.489 e. The van der Waals surface area contributed by atoms with Gasteiger partial charge in [-0.2, -0.15) is 0 Å². The highest BCUT2D eigenvalue weighted by atomic mass is 19.1. The van der Waals surface area contributed by atoms with Crippen LogP contribution in [0.1, 0.15) is 89.0 Å². The van der Waals surface area contributed by atoms with E-state index in [1.165, 1.54) is 102 Å². The molecule has 2 aliphatic carbocycles. The predicted octanol–water partition coefficient (Wildman–Crippen LogP) is 31.9. The molecular formula is C120H88F4N2O2. The molecule has 128 heavy (non-hydrogen) atoms. The molecule has 0 heterocycles. The molecule has 0 aromatic heterocycles. The molecule has 0 aliphatic heterocycles. The molecule has 0 amide bonds. The summed E-state index contributed by atoms with van der Waals surface area (Å²) in [4.78, 5) is 4.40. The van der Waals surface area contributed by atoms with Gasteiger partial charge in [-0.25, -0.2) is 17.6 Å². The number of hydrogen-bond acceptors (Lipinski definition) is 4. The smallest absolute Gasteiger partial charge is 0.133 e. The van der Waals surface area contributed by atoms with E-state index >= 15 is 8.78 Å². The molecule has 618 valence electrons. The van der Waals surface area contributed by atoms with Crippen molar-refractivity contribution in [3.05, 3.63) is 526 Å². The number of hydrogen-bond donors (Lipinski definition) is 0. The highest BCUT2D eigenvalue weighted by Crippen LogP contribution is 2.60. The Morgan fingerprint density at radius 2 is 0.555 bits per heavy atom. The summed E-state index contributed by atoms with van der Waals surface area (Å²) in [5.41, 5.74) is 35.1. The van der Waals surface area contributed by atoms with Gasteiger partial charge in [0.05, 0.1) is 10.8 Å². The van der Waals surface area contributed by atoms with E-state index < -0.39 is 34.1 Å². The number of benzene rings is 18. The van der Waals surface area contributed by atoms with Crippen LogP contribution in [0.4, 0.5) is 51.7 Å². The van der Waals surface area contributed by atoms with Crippen LogP contribution < -0.4 is 19.3 Å².